The van der Waals surface area contributed by atoms with E-state index >= 15 is 0 Å². The van der Waals surface area contributed by atoms with Gasteiger partial charge < -0.3 is 19.7 Å². The summed E-state index contributed by atoms with van der Waals surface area (Å²) in [6.07, 6.45) is 7.75. The zero-order valence-corrected chi connectivity index (χ0v) is 24.1. The maximum atomic E-state index is 13.6. The Hall–Kier alpha value is -3.65. The summed E-state index contributed by atoms with van der Waals surface area (Å²) in [7, 11) is 3.77. The van der Waals surface area contributed by atoms with Gasteiger partial charge in [-0.25, -0.2) is 9.48 Å². The monoisotopic (exact) mass is 532 g/mol. The number of carbonyl (C=O) groups is 2. The molecule has 0 saturated carbocycles. The van der Waals surface area contributed by atoms with E-state index in [9.17, 15) is 9.59 Å². The van der Waals surface area contributed by atoms with Crippen LogP contribution in [0.4, 0.5) is 4.79 Å². The lowest BCUT2D eigenvalue weighted by Crippen LogP contribution is -2.43. The summed E-state index contributed by atoms with van der Waals surface area (Å²) in [5.41, 5.74) is 2.77. The number of carbonyl (C=O) groups excluding carboxylic acids is 2. The maximum Gasteiger partial charge on any atom is 0.408 e. The van der Waals surface area contributed by atoms with E-state index in [0.717, 1.165) is 53.5 Å². The standard InChI is InChI=1S/C31H40N4O4/c1-30(2,3)39-29(37)32-31(4,5)22-13-11-21(12-14-22)23-15-16-25-24(28(23)26(36)17-18-34(6)7)20-35(33-25)27-10-8-9-19-38-27/h11-18,20,27H,8-10,19H2,1-7H3,(H,32,37). The Kier molecular flexibility index (Phi) is 8.16. The normalized spacial score (nSPS) is 16.4. The summed E-state index contributed by atoms with van der Waals surface area (Å²) in [6.45, 7) is 10.1. The molecular formula is C31H40N4O4. The van der Waals surface area contributed by atoms with Gasteiger partial charge in [0.25, 0.3) is 0 Å². The number of nitrogens with zero attached hydrogens (tertiary/aromatic N) is 3. The molecule has 1 saturated heterocycles. The average Bonchev–Trinajstić information content (AvgIpc) is 3.30. The first-order valence-electron chi connectivity index (χ1n) is 13.5. The number of ketones is 1. The fourth-order valence-electron chi connectivity index (χ4n) is 4.70. The Labute approximate surface area is 231 Å². The predicted molar refractivity (Wildman–Crippen MR) is 154 cm³/mol. The van der Waals surface area contributed by atoms with Gasteiger partial charge in [0.1, 0.15) is 11.8 Å². The van der Waals surface area contributed by atoms with E-state index in [0.29, 0.717) is 5.56 Å². The van der Waals surface area contributed by atoms with Crippen LogP contribution in [0.15, 0.2) is 54.9 Å². The second-order valence-corrected chi connectivity index (χ2v) is 11.8. The van der Waals surface area contributed by atoms with Crippen molar-refractivity contribution in [2.45, 2.75) is 71.2 Å². The van der Waals surface area contributed by atoms with Crippen molar-refractivity contribution in [1.29, 1.82) is 0 Å². The van der Waals surface area contributed by atoms with E-state index in [1.165, 1.54) is 0 Å². The largest absolute Gasteiger partial charge is 0.444 e. The summed E-state index contributed by atoms with van der Waals surface area (Å²) in [4.78, 5) is 27.8. The Morgan fingerprint density at radius 3 is 2.41 bits per heavy atom. The Balaban J connectivity index is 1.71. The third-order valence-electron chi connectivity index (χ3n) is 6.66. The van der Waals surface area contributed by atoms with E-state index in [-0.39, 0.29) is 12.0 Å². The van der Waals surface area contributed by atoms with Crippen molar-refractivity contribution in [2.75, 3.05) is 20.7 Å². The molecule has 0 radical (unpaired) electrons. The number of fused-ring (bicyclic) bond motifs is 1. The van der Waals surface area contributed by atoms with E-state index in [4.69, 9.17) is 14.6 Å². The van der Waals surface area contributed by atoms with Crippen LogP contribution in [0.2, 0.25) is 0 Å². The maximum absolute atomic E-state index is 13.6. The summed E-state index contributed by atoms with van der Waals surface area (Å²) < 4.78 is 13.2. The van der Waals surface area contributed by atoms with Gasteiger partial charge in [0, 0.05) is 50.1 Å². The molecule has 39 heavy (non-hydrogen) atoms. The molecule has 1 aromatic heterocycles. The smallest absolute Gasteiger partial charge is 0.408 e. The first-order valence-corrected chi connectivity index (χ1v) is 13.5. The van der Waals surface area contributed by atoms with Gasteiger partial charge in [0.2, 0.25) is 0 Å². The van der Waals surface area contributed by atoms with Crippen molar-refractivity contribution in [3.8, 4) is 11.1 Å². The van der Waals surface area contributed by atoms with Crippen LogP contribution in [0.3, 0.4) is 0 Å². The molecule has 1 aliphatic heterocycles. The quantitative estimate of drug-likeness (QED) is 0.279. The summed E-state index contributed by atoms with van der Waals surface area (Å²) in [5, 5.41) is 8.51. The molecule has 0 spiro atoms. The Morgan fingerprint density at radius 1 is 1.08 bits per heavy atom. The molecule has 1 atom stereocenters. The molecule has 8 nitrogen and oxygen atoms in total. The highest BCUT2D eigenvalue weighted by Crippen LogP contribution is 2.34. The summed E-state index contributed by atoms with van der Waals surface area (Å²) >= 11 is 0. The number of hydrogen-bond donors (Lipinski definition) is 1. The topological polar surface area (TPSA) is 85.7 Å². The molecule has 4 rings (SSSR count). The van der Waals surface area contributed by atoms with Crippen LogP contribution in [0.5, 0.6) is 0 Å². The predicted octanol–water partition coefficient (Wildman–Crippen LogP) is 6.42. The number of alkyl carbamates (subject to hydrolysis) is 1. The molecule has 1 fully saturated rings. The van der Waals surface area contributed by atoms with Gasteiger partial charge >= 0.3 is 6.09 Å². The van der Waals surface area contributed by atoms with Gasteiger partial charge in [-0.3, -0.25) is 4.79 Å². The van der Waals surface area contributed by atoms with Crippen LogP contribution in [-0.2, 0) is 15.0 Å². The van der Waals surface area contributed by atoms with Crippen molar-refractivity contribution in [3.05, 3.63) is 66.0 Å². The van der Waals surface area contributed by atoms with Gasteiger partial charge in [-0.1, -0.05) is 30.3 Å². The second kappa shape index (κ2) is 11.2. The minimum absolute atomic E-state index is 0.0931. The number of ether oxygens (including phenoxy) is 2. The van der Waals surface area contributed by atoms with Crippen LogP contribution in [0.1, 0.15) is 76.0 Å². The van der Waals surface area contributed by atoms with Crippen molar-refractivity contribution < 1.29 is 19.1 Å². The van der Waals surface area contributed by atoms with Gasteiger partial charge in [0.15, 0.2) is 5.78 Å². The molecule has 2 heterocycles. The fraction of sp³-hybridized carbons (Fsp3) is 0.452. The number of benzene rings is 2. The Morgan fingerprint density at radius 2 is 1.79 bits per heavy atom. The average molecular weight is 533 g/mol. The molecule has 1 unspecified atom stereocenters. The highest BCUT2D eigenvalue weighted by atomic mass is 16.6. The molecule has 3 aromatic rings. The lowest BCUT2D eigenvalue weighted by Gasteiger charge is -2.29. The number of allylic oxidation sites excluding steroid dienone is 1. The number of nitrogens with one attached hydrogen (secondary N) is 1. The molecule has 1 amide bonds. The third kappa shape index (κ3) is 6.87. The lowest BCUT2D eigenvalue weighted by atomic mass is 9.90. The summed E-state index contributed by atoms with van der Waals surface area (Å²) in [5.74, 6) is -0.0931. The lowest BCUT2D eigenvalue weighted by molar-refractivity contribution is -0.0390. The van der Waals surface area contributed by atoms with E-state index in [1.807, 2.05) is 101 Å². The number of aromatic nitrogens is 2. The minimum atomic E-state index is -0.654. The Bertz CT molecular complexity index is 1360. The minimum Gasteiger partial charge on any atom is -0.444 e. The second-order valence-electron chi connectivity index (χ2n) is 11.8. The molecule has 208 valence electrons. The van der Waals surface area contributed by atoms with Crippen molar-refractivity contribution in [2.24, 2.45) is 0 Å². The van der Waals surface area contributed by atoms with E-state index < -0.39 is 17.2 Å². The molecular weight excluding hydrogens is 492 g/mol. The van der Waals surface area contributed by atoms with Gasteiger partial charge in [-0.15, -0.1) is 0 Å². The molecule has 8 heteroatoms. The third-order valence-corrected chi connectivity index (χ3v) is 6.66. The zero-order valence-electron chi connectivity index (χ0n) is 24.1. The van der Waals surface area contributed by atoms with Crippen molar-refractivity contribution >= 4 is 22.8 Å². The summed E-state index contributed by atoms with van der Waals surface area (Å²) in [6, 6.07) is 11.8. The molecule has 0 bridgehead atoms. The van der Waals surface area contributed by atoms with Crippen molar-refractivity contribution in [1.82, 2.24) is 20.0 Å². The highest BCUT2D eigenvalue weighted by molar-refractivity contribution is 6.17. The van der Waals surface area contributed by atoms with Crippen molar-refractivity contribution in [3.63, 3.8) is 0 Å². The van der Waals surface area contributed by atoms with E-state index in [2.05, 4.69) is 5.32 Å². The zero-order chi connectivity index (χ0) is 28.4. The molecule has 1 aliphatic rings. The number of amides is 1. The fourth-order valence-corrected chi connectivity index (χ4v) is 4.70. The highest BCUT2D eigenvalue weighted by Gasteiger charge is 2.27. The van der Waals surface area contributed by atoms with Gasteiger partial charge in [-0.2, -0.15) is 5.10 Å². The van der Waals surface area contributed by atoms with Gasteiger partial charge in [0.05, 0.1) is 11.1 Å². The molecule has 1 N–H and O–H groups in total. The number of hydrogen-bond acceptors (Lipinski definition) is 6. The van der Waals surface area contributed by atoms with Crippen LogP contribution in [0, 0.1) is 0 Å². The first-order chi connectivity index (χ1) is 18.3. The SMILES string of the molecule is CN(C)C=CC(=O)c1c(-c2ccc(C(C)(C)NC(=O)OC(C)(C)C)cc2)ccc2nn(C3CCCCO3)cc12. The molecule has 2 aromatic carbocycles. The van der Waals surface area contributed by atoms with E-state index in [1.54, 1.807) is 12.3 Å². The number of rotatable bonds is 7. The van der Waals surface area contributed by atoms with Crippen LogP contribution < -0.4 is 5.32 Å². The van der Waals surface area contributed by atoms with Crippen LogP contribution in [0.25, 0.3) is 22.0 Å². The van der Waals surface area contributed by atoms with Crippen LogP contribution in [-0.4, -0.2) is 52.9 Å². The van der Waals surface area contributed by atoms with Crippen LogP contribution >= 0.6 is 0 Å². The first kappa shape index (κ1) is 28.4. The molecule has 0 aliphatic carbocycles. The van der Waals surface area contributed by atoms with Gasteiger partial charge in [-0.05, 0) is 76.6 Å².